The third kappa shape index (κ3) is 4.62. The van der Waals surface area contributed by atoms with Gasteiger partial charge in [0.05, 0.1) is 18.4 Å². The minimum absolute atomic E-state index is 0.307. The van der Waals surface area contributed by atoms with Gasteiger partial charge in [-0.3, -0.25) is 4.79 Å². The molecule has 0 atom stereocenters. The van der Waals surface area contributed by atoms with E-state index < -0.39 is 5.60 Å². The van der Waals surface area contributed by atoms with Gasteiger partial charge in [-0.2, -0.15) is 0 Å². The Balaban J connectivity index is 1.87. The highest BCUT2D eigenvalue weighted by Gasteiger charge is 2.16. The molecule has 2 N–H and O–H groups in total. The van der Waals surface area contributed by atoms with Crippen LogP contribution in [0.1, 0.15) is 42.1 Å². The molecule has 0 saturated heterocycles. The molecule has 0 aromatic carbocycles. The van der Waals surface area contributed by atoms with Crippen LogP contribution in [-0.2, 0) is 6.42 Å². The van der Waals surface area contributed by atoms with Gasteiger partial charge in [0.25, 0.3) is 5.91 Å². The quantitative estimate of drug-likeness (QED) is 0.698. The number of nitrogens with zero attached hydrogens (tertiary/aromatic N) is 3. The van der Waals surface area contributed by atoms with Crippen molar-refractivity contribution in [2.45, 2.75) is 39.2 Å². The minimum atomic E-state index is -0.743. The third-order valence-corrected chi connectivity index (χ3v) is 4.19. The van der Waals surface area contributed by atoms with Crippen LogP contribution in [0.5, 0.6) is 5.75 Å². The molecule has 0 aliphatic heterocycles. The van der Waals surface area contributed by atoms with E-state index in [1.54, 1.807) is 45.4 Å². The van der Waals surface area contributed by atoms with Crippen LogP contribution in [0.25, 0.3) is 5.65 Å². The highest BCUT2D eigenvalue weighted by Crippen LogP contribution is 2.27. The van der Waals surface area contributed by atoms with Gasteiger partial charge < -0.3 is 19.6 Å². The lowest BCUT2D eigenvalue weighted by molar-refractivity contribution is 0.0711. The van der Waals surface area contributed by atoms with E-state index in [-0.39, 0.29) is 5.91 Å². The number of imidazole rings is 1. The Morgan fingerprint density at radius 1 is 1.30 bits per heavy atom. The summed E-state index contributed by atoms with van der Waals surface area (Å²) in [5.74, 6) is 0.210. The first-order chi connectivity index (χ1) is 12.7. The number of aliphatic hydroxyl groups is 1. The monoisotopic (exact) mass is 368 g/mol. The zero-order chi connectivity index (χ0) is 19.6. The Labute approximate surface area is 158 Å². The molecule has 7 nitrogen and oxygen atoms in total. The minimum Gasteiger partial charge on any atom is -0.494 e. The number of fused-ring (bicyclic) bond motifs is 1. The van der Waals surface area contributed by atoms with Crippen molar-refractivity contribution in [3.8, 4) is 5.75 Å². The number of carbonyl (C=O) groups is 1. The van der Waals surface area contributed by atoms with E-state index in [2.05, 4.69) is 15.3 Å². The summed E-state index contributed by atoms with van der Waals surface area (Å²) in [6.07, 6.45) is 4.92. The smallest absolute Gasteiger partial charge is 0.274 e. The zero-order valence-corrected chi connectivity index (χ0v) is 16.0. The van der Waals surface area contributed by atoms with Gasteiger partial charge in [-0.1, -0.05) is 6.07 Å². The van der Waals surface area contributed by atoms with Gasteiger partial charge in [-0.15, -0.1) is 0 Å². The van der Waals surface area contributed by atoms with Gasteiger partial charge in [0.2, 0.25) is 0 Å². The van der Waals surface area contributed by atoms with Crippen molar-refractivity contribution < 1.29 is 14.6 Å². The molecule has 3 heterocycles. The molecule has 0 saturated carbocycles. The number of aromatic nitrogens is 3. The Morgan fingerprint density at radius 2 is 2.07 bits per heavy atom. The average Bonchev–Trinajstić information content (AvgIpc) is 3.00. The summed E-state index contributed by atoms with van der Waals surface area (Å²) >= 11 is 0. The largest absolute Gasteiger partial charge is 0.494 e. The Morgan fingerprint density at radius 3 is 2.74 bits per heavy atom. The fraction of sp³-hybridized carbons (Fsp3) is 0.350. The summed E-state index contributed by atoms with van der Waals surface area (Å²) in [5.41, 5.74) is 2.48. The molecule has 142 valence electrons. The number of aryl methyl sites for hydroxylation is 2. The topological polar surface area (TPSA) is 88.8 Å². The molecule has 0 aliphatic rings. The van der Waals surface area contributed by atoms with E-state index in [0.717, 1.165) is 11.4 Å². The number of nitrogens with one attached hydrogen (secondary N) is 1. The van der Waals surface area contributed by atoms with E-state index >= 15 is 0 Å². The molecule has 1 amide bonds. The fourth-order valence-corrected chi connectivity index (χ4v) is 2.74. The molecule has 3 aromatic heterocycles. The number of hydrogen-bond donors (Lipinski definition) is 2. The standard InChI is InChI=1S/C20H24N4O3/c1-13-6-5-7-15(21-13)19(25)23-16-12-24-11-14(8-9-20(2,3)26)22-18(24)10-17(16)27-4/h5-7,10-12,26H,8-9H2,1-4H3,(H,23,25). The normalized spacial score (nSPS) is 11.6. The van der Waals surface area contributed by atoms with Crippen LogP contribution in [0.4, 0.5) is 5.69 Å². The van der Waals surface area contributed by atoms with Crippen molar-refractivity contribution >= 4 is 17.2 Å². The predicted octanol–water partition coefficient (Wildman–Crippen LogP) is 3.00. The van der Waals surface area contributed by atoms with Gasteiger partial charge in [0.1, 0.15) is 22.8 Å². The lowest BCUT2D eigenvalue weighted by Gasteiger charge is -2.15. The number of amides is 1. The Bertz CT molecular complexity index is 973. The van der Waals surface area contributed by atoms with Crippen LogP contribution in [0, 0.1) is 6.92 Å². The van der Waals surface area contributed by atoms with E-state index in [9.17, 15) is 9.90 Å². The zero-order valence-electron chi connectivity index (χ0n) is 16.0. The summed E-state index contributed by atoms with van der Waals surface area (Å²) in [6, 6.07) is 7.07. The summed E-state index contributed by atoms with van der Waals surface area (Å²) in [4.78, 5) is 21.3. The van der Waals surface area contributed by atoms with Crippen LogP contribution >= 0.6 is 0 Å². The number of hydrogen-bond acceptors (Lipinski definition) is 5. The second-order valence-electron chi connectivity index (χ2n) is 7.18. The fourth-order valence-electron chi connectivity index (χ4n) is 2.74. The number of pyridine rings is 2. The molecule has 0 unspecified atom stereocenters. The molecule has 0 fully saturated rings. The van der Waals surface area contributed by atoms with Gasteiger partial charge in [0.15, 0.2) is 0 Å². The van der Waals surface area contributed by atoms with Crippen LogP contribution in [0.15, 0.2) is 36.7 Å². The maximum Gasteiger partial charge on any atom is 0.274 e. The average molecular weight is 368 g/mol. The summed E-state index contributed by atoms with van der Waals surface area (Å²) in [6.45, 7) is 5.39. The van der Waals surface area contributed by atoms with Crippen molar-refractivity contribution in [3.05, 3.63) is 53.7 Å². The second kappa shape index (κ2) is 7.36. The second-order valence-corrected chi connectivity index (χ2v) is 7.18. The van der Waals surface area contributed by atoms with Crippen molar-refractivity contribution in [3.63, 3.8) is 0 Å². The molecular formula is C20H24N4O3. The van der Waals surface area contributed by atoms with Crippen LogP contribution < -0.4 is 10.1 Å². The molecule has 7 heteroatoms. The first-order valence-electron chi connectivity index (χ1n) is 8.78. The molecule has 3 rings (SSSR count). The summed E-state index contributed by atoms with van der Waals surface area (Å²) in [7, 11) is 1.55. The maximum absolute atomic E-state index is 12.5. The van der Waals surface area contributed by atoms with Crippen molar-refractivity contribution in [1.82, 2.24) is 14.4 Å². The Hall–Kier alpha value is -2.93. The molecule has 0 aliphatic carbocycles. The number of rotatable bonds is 6. The number of carbonyl (C=O) groups excluding carboxylic acids is 1. The summed E-state index contributed by atoms with van der Waals surface area (Å²) < 4.78 is 7.24. The molecule has 3 aromatic rings. The van der Waals surface area contributed by atoms with E-state index in [0.29, 0.717) is 35.6 Å². The lowest BCUT2D eigenvalue weighted by atomic mass is 10.0. The molecule has 0 bridgehead atoms. The van der Waals surface area contributed by atoms with Crippen LogP contribution in [0.2, 0.25) is 0 Å². The highest BCUT2D eigenvalue weighted by molar-refractivity contribution is 6.03. The van der Waals surface area contributed by atoms with E-state index in [1.165, 1.54) is 0 Å². The predicted molar refractivity (Wildman–Crippen MR) is 103 cm³/mol. The maximum atomic E-state index is 12.5. The van der Waals surface area contributed by atoms with Gasteiger partial charge in [0, 0.05) is 24.2 Å². The van der Waals surface area contributed by atoms with Gasteiger partial charge in [-0.05, 0) is 45.7 Å². The SMILES string of the molecule is COc1cc2nc(CCC(C)(C)O)cn2cc1NC(=O)c1cccc(C)n1. The van der Waals surface area contributed by atoms with Crippen LogP contribution in [0.3, 0.4) is 0 Å². The molecule has 0 spiro atoms. The number of methoxy groups -OCH3 is 1. The third-order valence-electron chi connectivity index (χ3n) is 4.19. The van der Waals surface area contributed by atoms with Gasteiger partial charge >= 0.3 is 0 Å². The number of anilines is 1. The number of ether oxygens (including phenoxy) is 1. The van der Waals surface area contributed by atoms with E-state index in [1.807, 2.05) is 23.6 Å². The molecule has 0 radical (unpaired) electrons. The van der Waals surface area contributed by atoms with Crippen molar-refractivity contribution in [1.29, 1.82) is 0 Å². The van der Waals surface area contributed by atoms with Crippen molar-refractivity contribution in [2.75, 3.05) is 12.4 Å². The highest BCUT2D eigenvalue weighted by atomic mass is 16.5. The van der Waals surface area contributed by atoms with Crippen LogP contribution in [-0.4, -0.2) is 38.1 Å². The van der Waals surface area contributed by atoms with E-state index in [4.69, 9.17) is 4.74 Å². The summed E-state index contributed by atoms with van der Waals surface area (Å²) in [5, 5.41) is 12.7. The van der Waals surface area contributed by atoms with Gasteiger partial charge in [-0.25, -0.2) is 9.97 Å². The Kier molecular flexibility index (Phi) is 5.14. The molecular weight excluding hydrogens is 344 g/mol. The first-order valence-corrected chi connectivity index (χ1v) is 8.78. The van der Waals surface area contributed by atoms with Crippen molar-refractivity contribution in [2.24, 2.45) is 0 Å². The lowest BCUT2D eigenvalue weighted by Crippen LogP contribution is -2.19. The molecule has 27 heavy (non-hydrogen) atoms. The first kappa shape index (κ1) is 18.8.